The number of H-pyrrole nitrogens is 1. The number of fused-ring (bicyclic) bond motifs is 1. The molecule has 0 aliphatic heterocycles. The highest BCUT2D eigenvalue weighted by atomic mass is 35.5. The van der Waals surface area contributed by atoms with Crippen molar-refractivity contribution in [2.75, 3.05) is 20.7 Å². The number of halogens is 1. The molecule has 0 radical (unpaired) electrons. The highest BCUT2D eigenvalue weighted by Crippen LogP contribution is 2.17. The van der Waals surface area contributed by atoms with Crippen LogP contribution in [0.4, 0.5) is 4.79 Å². The maximum atomic E-state index is 12.1. The van der Waals surface area contributed by atoms with E-state index in [1.807, 2.05) is 12.1 Å². The molecule has 1 heterocycles. The molecule has 0 saturated heterocycles. The molecule has 124 valence electrons. The van der Waals surface area contributed by atoms with Gasteiger partial charge in [0, 0.05) is 25.0 Å². The summed E-state index contributed by atoms with van der Waals surface area (Å²) in [5, 5.41) is 3.09. The van der Waals surface area contributed by atoms with Gasteiger partial charge >= 0.3 is 6.09 Å². The van der Waals surface area contributed by atoms with Crippen molar-refractivity contribution in [3.8, 4) is 0 Å². The molecule has 2 rings (SSSR count). The summed E-state index contributed by atoms with van der Waals surface area (Å²) < 4.78 is 4.48. The molecular weight excluding hydrogens is 320 g/mol. The van der Waals surface area contributed by atoms with Gasteiger partial charge in [-0.25, -0.2) is 9.78 Å². The van der Waals surface area contributed by atoms with E-state index < -0.39 is 12.1 Å². The zero-order chi connectivity index (χ0) is 17.0. The molecule has 0 fully saturated rings. The third kappa shape index (κ3) is 4.35. The SMILES string of the molecule is COC(=O)N[C@H](C)C(=O)N(C)CCc1nc2ccc(Cl)cc2[nH]1. The molecule has 0 saturated carbocycles. The number of alkyl carbamates (subject to hydrolysis) is 1. The van der Waals surface area contributed by atoms with Gasteiger partial charge in [-0.15, -0.1) is 0 Å². The third-order valence-electron chi connectivity index (χ3n) is 3.44. The summed E-state index contributed by atoms with van der Waals surface area (Å²) in [5.41, 5.74) is 1.70. The fourth-order valence-electron chi connectivity index (χ4n) is 2.16. The molecule has 8 heteroatoms. The Kier molecular flexibility index (Phi) is 5.44. The molecular formula is C15H19ClN4O3. The lowest BCUT2D eigenvalue weighted by Crippen LogP contribution is -2.46. The maximum absolute atomic E-state index is 12.1. The van der Waals surface area contributed by atoms with Crippen LogP contribution < -0.4 is 5.32 Å². The van der Waals surface area contributed by atoms with Crippen LogP contribution in [0, 0.1) is 0 Å². The molecule has 1 atom stereocenters. The highest BCUT2D eigenvalue weighted by Gasteiger charge is 2.19. The van der Waals surface area contributed by atoms with Crippen molar-refractivity contribution in [2.45, 2.75) is 19.4 Å². The van der Waals surface area contributed by atoms with Crippen LogP contribution in [0.5, 0.6) is 0 Å². The molecule has 0 unspecified atom stereocenters. The van der Waals surface area contributed by atoms with E-state index in [0.717, 1.165) is 16.9 Å². The first-order valence-electron chi connectivity index (χ1n) is 7.14. The largest absolute Gasteiger partial charge is 0.453 e. The number of amides is 2. The number of carbonyl (C=O) groups is 2. The summed E-state index contributed by atoms with van der Waals surface area (Å²) in [6.07, 6.45) is -0.0622. The minimum Gasteiger partial charge on any atom is -0.453 e. The molecule has 2 N–H and O–H groups in total. The van der Waals surface area contributed by atoms with Crippen molar-refractivity contribution in [3.63, 3.8) is 0 Å². The fourth-order valence-corrected chi connectivity index (χ4v) is 2.34. The molecule has 0 aliphatic rings. The normalized spacial score (nSPS) is 12.0. The van der Waals surface area contributed by atoms with E-state index in [0.29, 0.717) is 18.0 Å². The van der Waals surface area contributed by atoms with Crippen molar-refractivity contribution in [1.29, 1.82) is 0 Å². The third-order valence-corrected chi connectivity index (χ3v) is 3.68. The number of carbonyl (C=O) groups excluding carboxylic acids is 2. The molecule has 7 nitrogen and oxygen atoms in total. The van der Waals surface area contributed by atoms with E-state index in [1.54, 1.807) is 24.9 Å². The number of hydrogen-bond acceptors (Lipinski definition) is 4. The number of likely N-dealkylation sites (N-methyl/N-ethyl adjacent to an activating group) is 1. The number of rotatable bonds is 5. The van der Waals surface area contributed by atoms with E-state index in [2.05, 4.69) is 20.0 Å². The number of ether oxygens (including phenoxy) is 1. The van der Waals surface area contributed by atoms with Crippen LogP contribution in [0.15, 0.2) is 18.2 Å². The number of nitrogens with one attached hydrogen (secondary N) is 2. The monoisotopic (exact) mass is 338 g/mol. The number of aromatic amines is 1. The summed E-state index contributed by atoms with van der Waals surface area (Å²) in [4.78, 5) is 32.4. The van der Waals surface area contributed by atoms with Gasteiger partial charge in [0.05, 0.1) is 18.1 Å². The first-order valence-corrected chi connectivity index (χ1v) is 7.52. The zero-order valence-corrected chi connectivity index (χ0v) is 14.0. The van der Waals surface area contributed by atoms with E-state index >= 15 is 0 Å². The van der Waals surface area contributed by atoms with E-state index in [1.165, 1.54) is 7.11 Å². The Bertz CT molecular complexity index is 716. The van der Waals surface area contributed by atoms with Crippen molar-refractivity contribution in [3.05, 3.63) is 29.0 Å². The molecule has 23 heavy (non-hydrogen) atoms. The van der Waals surface area contributed by atoms with Crippen molar-refractivity contribution >= 4 is 34.6 Å². The van der Waals surface area contributed by atoms with Gasteiger partial charge in [0.25, 0.3) is 0 Å². The molecule has 0 bridgehead atoms. The minimum absolute atomic E-state index is 0.199. The second-order valence-electron chi connectivity index (χ2n) is 5.21. The van der Waals surface area contributed by atoms with Gasteiger partial charge in [-0.1, -0.05) is 11.6 Å². The average molecular weight is 339 g/mol. The van der Waals surface area contributed by atoms with Crippen molar-refractivity contribution in [1.82, 2.24) is 20.2 Å². The first-order chi connectivity index (χ1) is 10.9. The predicted octanol–water partition coefficient (Wildman–Crippen LogP) is 1.96. The molecule has 1 aromatic heterocycles. The number of benzene rings is 1. The van der Waals surface area contributed by atoms with E-state index in [-0.39, 0.29) is 5.91 Å². The standard InChI is InChI=1S/C15H19ClN4O3/c1-9(17-15(22)23-3)14(21)20(2)7-6-13-18-11-5-4-10(16)8-12(11)19-13/h4-5,8-9H,6-7H2,1-3H3,(H,17,22)(H,18,19)/t9-/m1/s1. The lowest BCUT2D eigenvalue weighted by molar-refractivity contribution is -0.131. The first kappa shape index (κ1) is 17.1. The van der Waals surface area contributed by atoms with E-state index in [9.17, 15) is 9.59 Å². The fraction of sp³-hybridized carbons (Fsp3) is 0.400. The topological polar surface area (TPSA) is 87.3 Å². The second-order valence-corrected chi connectivity index (χ2v) is 5.65. The highest BCUT2D eigenvalue weighted by molar-refractivity contribution is 6.31. The van der Waals surface area contributed by atoms with Gasteiger partial charge in [-0.3, -0.25) is 4.79 Å². The summed E-state index contributed by atoms with van der Waals surface area (Å²) in [5.74, 6) is 0.574. The van der Waals surface area contributed by atoms with Gasteiger partial charge in [-0.2, -0.15) is 0 Å². The van der Waals surface area contributed by atoms with Crippen LogP contribution >= 0.6 is 11.6 Å². The minimum atomic E-state index is -0.651. The Morgan fingerprint density at radius 3 is 2.91 bits per heavy atom. The number of methoxy groups -OCH3 is 1. The summed E-state index contributed by atoms with van der Waals surface area (Å²) >= 11 is 5.94. The number of imidazole rings is 1. The molecule has 1 aromatic carbocycles. The Morgan fingerprint density at radius 2 is 2.22 bits per heavy atom. The van der Waals surface area contributed by atoms with Crippen LogP contribution in [0.25, 0.3) is 11.0 Å². The number of hydrogen-bond donors (Lipinski definition) is 2. The van der Waals surface area contributed by atoms with Crippen LogP contribution in [-0.4, -0.2) is 53.6 Å². The van der Waals surface area contributed by atoms with Gasteiger partial charge in [-0.05, 0) is 25.1 Å². The molecule has 0 aliphatic carbocycles. The molecule has 0 spiro atoms. The maximum Gasteiger partial charge on any atom is 0.407 e. The number of aromatic nitrogens is 2. The second kappa shape index (κ2) is 7.32. The van der Waals surface area contributed by atoms with Crippen LogP contribution in [0.2, 0.25) is 5.02 Å². The van der Waals surface area contributed by atoms with Crippen LogP contribution in [0.3, 0.4) is 0 Å². The predicted molar refractivity (Wildman–Crippen MR) is 87.4 cm³/mol. The Hall–Kier alpha value is -2.28. The Labute approximate surface area is 139 Å². The quantitative estimate of drug-likeness (QED) is 0.872. The van der Waals surface area contributed by atoms with Gasteiger partial charge in [0.1, 0.15) is 11.9 Å². The van der Waals surface area contributed by atoms with Gasteiger partial charge < -0.3 is 19.9 Å². The van der Waals surface area contributed by atoms with Crippen LogP contribution in [-0.2, 0) is 16.0 Å². The zero-order valence-electron chi connectivity index (χ0n) is 13.2. The summed E-state index contributed by atoms with van der Waals surface area (Å²) in [6.45, 7) is 2.08. The summed E-state index contributed by atoms with van der Waals surface area (Å²) in [6, 6.07) is 4.78. The lowest BCUT2D eigenvalue weighted by atomic mass is 10.3. The lowest BCUT2D eigenvalue weighted by Gasteiger charge is -2.21. The Morgan fingerprint density at radius 1 is 1.48 bits per heavy atom. The van der Waals surface area contributed by atoms with Crippen molar-refractivity contribution < 1.29 is 14.3 Å². The summed E-state index contributed by atoms with van der Waals surface area (Å²) in [7, 11) is 2.93. The van der Waals surface area contributed by atoms with Crippen molar-refractivity contribution in [2.24, 2.45) is 0 Å². The number of nitrogens with zero attached hydrogens (tertiary/aromatic N) is 2. The molecule has 2 aromatic rings. The Balaban J connectivity index is 1.93. The van der Waals surface area contributed by atoms with Gasteiger partial charge in [0.2, 0.25) is 5.91 Å². The molecule has 2 amide bonds. The smallest absolute Gasteiger partial charge is 0.407 e. The average Bonchev–Trinajstić information content (AvgIpc) is 2.93. The van der Waals surface area contributed by atoms with E-state index in [4.69, 9.17) is 11.6 Å². The van der Waals surface area contributed by atoms with Gasteiger partial charge in [0.15, 0.2) is 0 Å². The van der Waals surface area contributed by atoms with Crippen LogP contribution in [0.1, 0.15) is 12.7 Å².